The van der Waals surface area contributed by atoms with Gasteiger partial charge in [-0.1, -0.05) is 12.1 Å². The van der Waals surface area contributed by atoms with Crippen molar-refractivity contribution in [2.45, 2.75) is 0 Å². The zero-order valence-corrected chi connectivity index (χ0v) is 9.88. The molecule has 1 heterocycles. The van der Waals surface area contributed by atoms with Crippen LogP contribution in [0.25, 0.3) is 22.6 Å². The molecule has 0 saturated carbocycles. The first-order chi connectivity index (χ1) is 8.78. The van der Waals surface area contributed by atoms with Crippen LogP contribution in [0.1, 0.15) is 0 Å². The van der Waals surface area contributed by atoms with Gasteiger partial charge in [0, 0.05) is 5.69 Å². The normalized spacial score (nSPS) is 10.7. The molecule has 4 heteroatoms. The smallest absolute Gasteiger partial charge is 0.229 e. The van der Waals surface area contributed by atoms with Gasteiger partial charge in [-0.15, -0.1) is 0 Å². The highest BCUT2D eigenvalue weighted by Crippen LogP contribution is 2.31. The molecule has 0 aliphatic heterocycles. The molecule has 0 atom stereocenters. The number of para-hydroxylation sites is 2. The quantitative estimate of drug-likeness (QED) is 0.699. The van der Waals surface area contributed by atoms with Gasteiger partial charge in [0.25, 0.3) is 0 Å². The van der Waals surface area contributed by atoms with Gasteiger partial charge in [-0.3, -0.25) is 0 Å². The van der Waals surface area contributed by atoms with Crippen LogP contribution in [0.5, 0.6) is 5.75 Å². The van der Waals surface area contributed by atoms with E-state index >= 15 is 0 Å². The highest BCUT2D eigenvalue weighted by molar-refractivity contribution is 5.80. The number of nitrogen functional groups attached to an aromatic ring is 1. The summed E-state index contributed by atoms with van der Waals surface area (Å²) in [6, 6.07) is 13.0. The molecule has 2 aromatic carbocycles. The number of hydrogen-bond acceptors (Lipinski definition) is 4. The molecule has 4 nitrogen and oxygen atoms in total. The molecule has 3 rings (SSSR count). The second-order valence-corrected chi connectivity index (χ2v) is 3.94. The number of rotatable bonds is 2. The summed E-state index contributed by atoms with van der Waals surface area (Å²) < 4.78 is 10.9. The molecule has 0 saturated heterocycles. The minimum absolute atomic E-state index is 0.507. The first kappa shape index (κ1) is 10.7. The molecule has 0 bridgehead atoms. The van der Waals surface area contributed by atoms with E-state index in [0.29, 0.717) is 11.6 Å². The molecular weight excluding hydrogens is 228 g/mol. The van der Waals surface area contributed by atoms with E-state index < -0.39 is 0 Å². The molecule has 3 aromatic rings. The van der Waals surface area contributed by atoms with Crippen molar-refractivity contribution in [3.05, 3.63) is 42.5 Å². The monoisotopic (exact) mass is 240 g/mol. The van der Waals surface area contributed by atoms with Crippen LogP contribution in [-0.4, -0.2) is 12.1 Å². The van der Waals surface area contributed by atoms with Gasteiger partial charge in [-0.25, -0.2) is 4.98 Å². The Morgan fingerprint density at radius 3 is 2.78 bits per heavy atom. The second kappa shape index (κ2) is 4.07. The maximum atomic E-state index is 5.94. The Bertz CT molecular complexity index is 671. The molecule has 18 heavy (non-hydrogen) atoms. The number of fused-ring (bicyclic) bond motifs is 1. The summed E-state index contributed by atoms with van der Waals surface area (Å²) in [5.74, 6) is 1.23. The van der Waals surface area contributed by atoms with Crippen molar-refractivity contribution in [3.63, 3.8) is 0 Å². The Hall–Kier alpha value is -2.49. The predicted molar refractivity (Wildman–Crippen MR) is 70.4 cm³/mol. The van der Waals surface area contributed by atoms with E-state index in [1.54, 1.807) is 13.2 Å². The molecule has 0 radical (unpaired) electrons. The first-order valence-electron chi connectivity index (χ1n) is 5.57. The molecule has 1 aromatic heterocycles. The molecule has 90 valence electrons. The number of oxazole rings is 1. The lowest BCUT2D eigenvalue weighted by atomic mass is 10.1. The lowest BCUT2D eigenvalue weighted by Gasteiger charge is -2.04. The Labute approximate surface area is 104 Å². The third kappa shape index (κ3) is 1.68. The average molecular weight is 240 g/mol. The number of anilines is 1. The van der Waals surface area contributed by atoms with Crippen LogP contribution in [0.2, 0.25) is 0 Å². The van der Waals surface area contributed by atoms with Crippen LogP contribution < -0.4 is 10.5 Å². The number of ether oxygens (including phenoxy) is 1. The number of nitrogens with two attached hydrogens (primary N) is 1. The van der Waals surface area contributed by atoms with Crippen LogP contribution in [-0.2, 0) is 0 Å². The Balaban J connectivity index is 2.19. The molecule has 0 amide bonds. The number of benzene rings is 2. The van der Waals surface area contributed by atoms with Crippen molar-refractivity contribution in [1.82, 2.24) is 4.98 Å². The van der Waals surface area contributed by atoms with Crippen molar-refractivity contribution in [2.75, 3.05) is 12.8 Å². The largest absolute Gasteiger partial charge is 0.497 e. The maximum Gasteiger partial charge on any atom is 0.229 e. The van der Waals surface area contributed by atoms with Crippen LogP contribution >= 0.6 is 0 Å². The highest BCUT2D eigenvalue weighted by atomic mass is 16.5. The molecule has 0 fully saturated rings. The molecule has 0 aliphatic carbocycles. The zero-order valence-electron chi connectivity index (χ0n) is 9.88. The number of methoxy groups -OCH3 is 1. The topological polar surface area (TPSA) is 61.3 Å². The summed E-state index contributed by atoms with van der Waals surface area (Å²) in [5.41, 5.74) is 8.86. The van der Waals surface area contributed by atoms with Crippen molar-refractivity contribution < 1.29 is 9.15 Å². The molecular formula is C14H12N2O2. The van der Waals surface area contributed by atoms with E-state index in [-0.39, 0.29) is 0 Å². The average Bonchev–Trinajstić information content (AvgIpc) is 2.82. The zero-order chi connectivity index (χ0) is 12.5. The van der Waals surface area contributed by atoms with Gasteiger partial charge in [-0.05, 0) is 30.3 Å². The molecule has 0 unspecified atom stereocenters. The first-order valence-corrected chi connectivity index (χ1v) is 5.57. The highest BCUT2D eigenvalue weighted by Gasteiger charge is 2.11. The fourth-order valence-corrected chi connectivity index (χ4v) is 1.83. The Morgan fingerprint density at radius 2 is 2.00 bits per heavy atom. The molecule has 2 N–H and O–H groups in total. The molecule has 0 spiro atoms. The number of nitrogens with zero attached hydrogens (tertiary/aromatic N) is 1. The predicted octanol–water partition coefficient (Wildman–Crippen LogP) is 3.09. The van der Waals surface area contributed by atoms with E-state index in [9.17, 15) is 0 Å². The van der Waals surface area contributed by atoms with Crippen LogP contribution in [0.4, 0.5) is 5.69 Å². The summed E-state index contributed by atoms with van der Waals surface area (Å²) in [4.78, 5) is 4.42. The van der Waals surface area contributed by atoms with E-state index in [0.717, 1.165) is 22.4 Å². The summed E-state index contributed by atoms with van der Waals surface area (Å²) >= 11 is 0. The summed E-state index contributed by atoms with van der Waals surface area (Å²) in [6.07, 6.45) is 0. The number of aromatic nitrogens is 1. The summed E-state index contributed by atoms with van der Waals surface area (Å²) in [5, 5.41) is 0. The van der Waals surface area contributed by atoms with E-state index in [4.69, 9.17) is 14.9 Å². The van der Waals surface area contributed by atoms with Crippen molar-refractivity contribution >= 4 is 16.8 Å². The Morgan fingerprint density at radius 1 is 1.17 bits per heavy atom. The summed E-state index contributed by atoms with van der Waals surface area (Å²) in [6.45, 7) is 0. The van der Waals surface area contributed by atoms with Gasteiger partial charge >= 0.3 is 0 Å². The summed E-state index contributed by atoms with van der Waals surface area (Å²) in [7, 11) is 1.61. The van der Waals surface area contributed by atoms with Gasteiger partial charge in [-0.2, -0.15) is 0 Å². The second-order valence-electron chi connectivity index (χ2n) is 3.94. The lowest BCUT2D eigenvalue weighted by Crippen LogP contribution is -1.91. The fourth-order valence-electron chi connectivity index (χ4n) is 1.83. The van der Waals surface area contributed by atoms with E-state index in [2.05, 4.69) is 4.98 Å². The fraction of sp³-hybridized carbons (Fsp3) is 0.0714. The van der Waals surface area contributed by atoms with Crippen LogP contribution in [0, 0.1) is 0 Å². The van der Waals surface area contributed by atoms with Crippen LogP contribution in [0.3, 0.4) is 0 Å². The lowest BCUT2D eigenvalue weighted by molar-refractivity contribution is 0.415. The minimum atomic E-state index is 0.507. The third-order valence-corrected chi connectivity index (χ3v) is 2.78. The standard InChI is InChI=1S/C14H12N2O2/c1-17-9-6-7-11(15)10(8-9)14-16-12-4-2-3-5-13(12)18-14/h2-8H,15H2,1H3. The van der Waals surface area contributed by atoms with Crippen molar-refractivity contribution in [1.29, 1.82) is 0 Å². The van der Waals surface area contributed by atoms with Crippen molar-refractivity contribution in [2.24, 2.45) is 0 Å². The SMILES string of the molecule is COc1ccc(N)c(-c2nc3ccccc3o2)c1. The van der Waals surface area contributed by atoms with E-state index in [1.165, 1.54) is 0 Å². The minimum Gasteiger partial charge on any atom is -0.497 e. The number of hydrogen-bond donors (Lipinski definition) is 1. The van der Waals surface area contributed by atoms with Gasteiger partial charge in [0.2, 0.25) is 5.89 Å². The third-order valence-electron chi connectivity index (χ3n) is 2.78. The van der Waals surface area contributed by atoms with Gasteiger partial charge in [0.05, 0.1) is 12.7 Å². The van der Waals surface area contributed by atoms with Gasteiger partial charge in [0.1, 0.15) is 11.3 Å². The van der Waals surface area contributed by atoms with E-state index in [1.807, 2.05) is 36.4 Å². The van der Waals surface area contributed by atoms with Gasteiger partial charge < -0.3 is 14.9 Å². The van der Waals surface area contributed by atoms with Crippen LogP contribution in [0.15, 0.2) is 46.9 Å². The maximum absolute atomic E-state index is 5.94. The van der Waals surface area contributed by atoms with Gasteiger partial charge in [0.15, 0.2) is 5.58 Å². The van der Waals surface area contributed by atoms with Crippen molar-refractivity contribution in [3.8, 4) is 17.2 Å². The Kier molecular flexibility index (Phi) is 2.41. The molecule has 0 aliphatic rings.